The molecule has 15 heavy (non-hydrogen) atoms. The quantitative estimate of drug-likeness (QED) is 0.691. The summed E-state index contributed by atoms with van der Waals surface area (Å²) in [5, 5.41) is 8.78. The van der Waals surface area contributed by atoms with Crippen molar-refractivity contribution < 1.29 is 13.2 Å². The zero-order chi connectivity index (χ0) is 11.6. The van der Waals surface area contributed by atoms with Gasteiger partial charge in [-0.2, -0.15) is 5.26 Å². The Morgan fingerprint density at radius 2 is 1.67 bits per heavy atom. The molecule has 0 aliphatic carbocycles. The summed E-state index contributed by atoms with van der Waals surface area (Å²) in [7, 11) is 0. The Labute approximate surface area is 86.1 Å². The third-order valence-electron chi connectivity index (χ3n) is 2.20. The van der Waals surface area contributed by atoms with Gasteiger partial charge in [0, 0.05) is 5.56 Å². The van der Waals surface area contributed by atoms with Crippen molar-refractivity contribution >= 4 is 0 Å². The molecule has 1 rings (SSSR count). The lowest BCUT2D eigenvalue weighted by Gasteiger charge is -2.15. The van der Waals surface area contributed by atoms with E-state index in [9.17, 15) is 13.2 Å². The molecular weight excluding hydrogens is 203 g/mol. The van der Waals surface area contributed by atoms with E-state index in [1.165, 1.54) is 0 Å². The molecule has 80 valence electrons. The number of nitrogens with zero attached hydrogens (tertiary/aromatic N) is 1. The van der Waals surface area contributed by atoms with E-state index in [4.69, 9.17) is 5.26 Å². The van der Waals surface area contributed by atoms with Crippen LogP contribution in [0.2, 0.25) is 0 Å². The van der Waals surface area contributed by atoms with Crippen LogP contribution in [-0.2, 0) is 0 Å². The van der Waals surface area contributed by atoms with E-state index < -0.39 is 28.9 Å². The standard InChI is InChI=1S/C11H10F3N/c1-6(2)7(5-15)10-8(12)3-4-9(13)11(10)14/h3-4,6-7H,1-2H3. The van der Waals surface area contributed by atoms with Crippen molar-refractivity contribution in [1.29, 1.82) is 5.26 Å². The zero-order valence-corrected chi connectivity index (χ0v) is 8.39. The minimum atomic E-state index is -1.27. The van der Waals surface area contributed by atoms with Gasteiger partial charge in [-0.1, -0.05) is 13.8 Å². The summed E-state index contributed by atoms with van der Waals surface area (Å²) in [6.45, 7) is 3.30. The summed E-state index contributed by atoms with van der Waals surface area (Å²) in [6, 6.07) is 3.33. The van der Waals surface area contributed by atoms with Crippen LogP contribution in [0.1, 0.15) is 25.3 Å². The molecule has 0 saturated heterocycles. The van der Waals surface area contributed by atoms with Crippen LogP contribution >= 0.6 is 0 Å². The first kappa shape index (κ1) is 11.6. The van der Waals surface area contributed by atoms with E-state index in [1.807, 2.05) is 0 Å². The van der Waals surface area contributed by atoms with Crippen LogP contribution in [0.3, 0.4) is 0 Å². The summed E-state index contributed by atoms with van der Waals surface area (Å²) in [6.07, 6.45) is 0. The molecule has 1 atom stereocenters. The predicted molar refractivity (Wildman–Crippen MR) is 49.5 cm³/mol. The molecule has 0 radical (unpaired) electrons. The Kier molecular flexibility index (Phi) is 3.35. The Morgan fingerprint density at radius 1 is 1.13 bits per heavy atom. The third kappa shape index (κ3) is 2.12. The van der Waals surface area contributed by atoms with Crippen LogP contribution in [0.15, 0.2) is 12.1 Å². The van der Waals surface area contributed by atoms with Crippen LogP contribution in [-0.4, -0.2) is 0 Å². The number of halogens is 3. The smallest absolute Gasteiger partial charge is 0.166 e. The molecule has 0 aromatic heterocycles. The lowest BCUT2D eigenvalue weighted by Crippen LogP contribution is -2.10. The molecule has 0 spiro atoms. The minimum Gasteiger partial charge on any atom is -0.207 e. The number of rotatable bonds is 2. The van der Waals surface area contributed by atoms with Gasteiger partial charge in [0.15, 0.2) is 11.6 Å². The average Bonchev–Trinajstić information content (AvgIpc) is 2.18. The van der Waals surface area contributed by atoms with E-state index in [-0.39, 0.29) is 5.92 Å². The maximum atomic E-state index is 13.3. The van der Waals surface area contributed by atoms with Gasteiger partial charge in [-0.15, -0.1) is 0 Å². The summed E-state index contributed by atoms with van der Waals surface area (Å²) < 4.78 is 39.4. The molecule has 0 saturated carbocycles. The predicted octanol–water partition coefficient (Wildman–Crippen LogP) is 3.37. The van der Waals surface area contributed by atoms with E-state index in [2.05, 4.69) is 0 Å². The zero-order valence-electron chi connectivity index (χ0n) is 8.39. The monoisotopic (exact) mass is 213 g/mol. The van der Waals surface area contributed by atoms with Crippen LogP contribution in [0.5, 0.6) is 0 Å². The van der Waals surface area contributed by atoms with Gasteiger partial charge in [0.2, 0.25) is 0 Å². The van der Waals surface area contributed by atoms with Crippen molar-refractivity contribution in [3.8, 4) is 6.07 Å². The van der Waals surface area contributed by atoms with Crippen LogP contribution in [0.4, 0.5) is 13.2 Å². The summed E-state index contributed by atoms with van der Waals surface area (Å²) in [5.41, 5.74) is -0.479. The SMILES string of the molecule is CC(C)C(C#N)c1c(F)ccc(F)c1F. The molecule has 0 N–H and O–H groups in total. The maximum absolute atomic E-state index is 13.3. The molecule has 1 unspecified atom stereocenters. The summed E-state index contributed by atoms with van der Waals surface area (Å²) in [5.74, 6) is -4.53. The average molecular weight is 213 g/mol. The van der Waals surface area contributed by atoms with Gasteiger partial charge in [0.25, 0.3) is 0 Å². The first-order valence-corrected chi connectivity index (χ1v) is 4.52. The fraction of sp³-hybridized carbons (Fsp3) is 0.364. The Hall–Kier alpha value is -1.50. The van der Waals surface area contributed by atoms with Gasteiger partial charge in [-0.3, -0.25) is 0 Å². The number of hydrogen-bond acceptors (Lipinski definition) is 1. The summed E-state index contributed by atoms with van der Waals surface area (Å²) >= 11 is 0. The molecular formula is C11H10F3N. The van der Waals surface area contributed by atoms with Gasteiger partial charge in [-0.05, 0) is 18.1 Å². The van der Waals surface area contributed by atoms with Crippen LogP contribution in [0.25, 0.3) is 0 Å². The van der Waals surface area contributed by atoms with Crippen molar-refractivity contribution in [2.24, 2.45) is 5.92 Å². The van der Waals surface area contributed by atoms with Gasteiger partial charge in [0.05, 0.1) is 12.0 Å². The molecule has 1 aromatic carbocycles. The number of benzene rings is 1. The van der Waals surface area contributed by atoms with Gasteiger partial charge < -0.3 is 0 Å². The fourth-order valence-electron chi connectivity index (χ4n) is 1.37. The highest BCUT2D eigenvalue weighted by molar-refractivity contribution is 5.29. The van der Waals surface area contributed by atoms with Crippen molar-refractivity contribution in [2.75, 3.05) is 0 Å². The van der Waals surface area contributed by atoms with Crippen molar-refractivity contribution in [3.63, 3.8) is 0 Å². The molecule has 4 heteroatoms. The highest BCUT2D eigenvalue weighted by atomic mass is 19.2. The van der Waals surface area contributed by atoms with Crippen LogP contribution in [0, 0.1) is 34.7 Å². The Balaban J connectivity index is 3.36. The van der Waals surface area contributed by atoms with E-state index >= 15 is 0 Å². The second-order valence-corrected chi connectivity index (χ2v) is 3.61. The molecule has 1 nitrogen and oxygen atoms in total. The topological polar surface area (TPSA) is 23.8 Å². The molecule has 1 aromatic rings. The summed E-state index contributed by atoms with van der Waals surface area (Å²) in [4.78, 5) is 0. The highest BCUT2D eigenvalue weighted by Crippen LogP contribution is 2.29. The minimum absolute atomic E-state index is 0.277. The van der Waals surface area contributed by atoms with Gasteiger partial charge in [0.1, 0.15) is 5.82 Å². The first-order chi connectivity index (χ1) is 6.99. The van der Waals surface area contributed by atoms with E-state index in [1.54, 1.807) is 19.9 Å². The molecule has 0 heterocycles. The molecule has 0 amide bonds. The second-order valence-electron chi connectivity index (χ2n) is 3.61. The highest BCUT2D eigenvalue weighted by Gasteiger charge is 2.25. The molecule has 0 aliphatic heterocycles. The molecule has 0 fully saturated rings. The second kappa shape index (κ2) is 4.35. The van der Waals surface area contributed by atoms with E-state index in [0.717, 1.165) is 6.07 Å². The number of nitriles is 1. The maximum Gasteiger partial charge on any atom is 0.166 e. The van der Waals surface area contributed by atoms with Gasteiger partial charge in [-0.25, -0.2) is 13.2 Å². The van der Waals surface area contributed by atoms with Crippen molar-refractivity contribution in [2.45, 2.75) is 19.8 Å². The fourth-order valence-corrected chi connectivity index (χ4v) is 1.37. The lowest BCUT2D eigenvalue weighted by molar-refractivity contribution is 0.453. The van der Waals surface area contributed by atoms with Crippen molar-refractivity contribution in [3.05, 3.63) is 35.1 Å². The number of hydrogen-bond donors (Lipinski definition) is 0. The largest absolute Gasteiger partial charge is 0.207 e. The molecule has 0 bridgehead atoms. The lowest BCUT2D eigenvalue weighted by atomic mass is 9.89. The third-order valence-corrected chi connectivity index (χ3v) is 2.20. The normalized spacial score (nSPS) is 12.6. The Bertz CT molecular complexity index is 407. The van der Waals surface area contributed by atoms with Crippen LogP contribution < -0.4 is 0 Å². The van der Waals surface area contributed by atoms with Crippen molar-refractivity contribution in [1.82, 2.24) is 0 Å². The first-order valence-electron chi connectivity index (χ1n) is 4.52. The van der Waals surface area contributed by atoms with E-state index in [0.29, 0.717) is 6.07 Å². The molecule has 0 aliphatic rings. The Morgan fingerprint density at radius 3 is 2.13 bits per heavy atom. The van der Waals surface area contributed by atoms with Gasteiger partial charge >= 0.3 is 0 Å².